The highest BCUT2D eigenvalue weighted by Crippen LogP contribution is 2.33. The van der Waals surface area contributed by atoms with Gasteiger partial charge in [0.15, 0.2) is 0 Å². The molecule has 0 aromatic heterocycles. The van der Waals surface area contributed by atoms with Crippen LogP contribution < -0.4 is 10.2 Å². The molecule has 0 aliphatic heterocycles. The highest BCUT2D eigenvalue weighted by molar-refractivity contribution is 5.77. The van der Waals surface area contributed by atoms with Gasteiger partial charge in [0.25, 0.3) is 0 Å². The minimum absolute atomic E-state index is 0.420. The van der Waals surface area contributed by atoms with Gasteiger partial charge in [-0.3, -0.25) is 0 Å². The Morgan fingerprint density at radius 2 is 1.50 bits per heavy atom. The van der Waals surface area contributed by atoms with Gasteiger partial charge in [0.2, 0.25) is 0 Å². The molecule has 0 aliphatic rings. The van der Waals surface area contributed by atoms with E-state index < -0.39 is 0 Å². The molecule has 36 heavy (non-hydrogen) atoms. The molecule has 1 N–H and O–H groups in total. The lowest BCUT2D eigenvalue weighted by atomic mass is 9.86. The Labute approximate surface area is 219 Å². The summed E-state index contributed by atoms with van der Waals surface area (Å²) in [6.45, 7) is 19.3. The number of anilines is 1. The van der Waals surface area contributed by atoms with Crippen molar-refractivity contribution in [3.63, 3.8) is 0 Å². The number of hydrogen-bond donors (Lipinski definition) is 1. The minimum atomic E-state index is 0.420. The molecular formula is C34H42N2. The number of nitrogens with one attached hydrogen (secondary N) is 1. The van der Waals surface area contributed by atoms with E-state index in [1.165, 1.54) is 44.6 Å². The van der Waals surface area contributed by atoms with Crippen molar-refractivity contribution in [3.05, 3.63) is 119 Å². The summed E-state index contributed by atoms with van der Waals surface area (Å²) in [4.78, 5) is 2.13. The zero-order valence-electron chi connectivity index (χ0n) is 23.2. The maximum Gasteiger partial charge on any atom is 0.0361 e. The third-order valence-corrected chi connectivity index (χ3v) is 7.17. The van der Waals surface area contributed by atoms with Crippen molar-refractivity contribution in [2.75, 3.05) is 19.0 Å². The molecule has 0 fully saturated rings. The number of nitrogens with zero attached hydrogens (tertiary/aromatic N) is 1. The van der Waals surface area contributed by atoms with Gasteiger partial charge in [-0.05, 0) is 96.7 Å². The average molecular weight is 479 g/mol. The van der Waals surface area contributed by atoms with Gasteiger partial charge in [0.1, 0.15) is 0 Å². The van der Waals surface area contributed by atoms with Gasteiger partial charge < -0.3 is 10.2 Å². The maximum atomic E-state index is 4.31. The zero-order valence-corrected chi connectivity index (χ0v) is 23.2. The molecule has 2 heteroatoms. The molecule has 3 aromatic carbocycles. The molecule has 0 saturated heterocycles. The highest BCUT2D eigenvalue weighted by Gasteiger charge is 2.15. The molecule has 0 amide bonds. The lowest BCUT2D eigenvalue weighted by molar-refractivity contribution is 0.757. The number of hydrogen-bond acceptors (Lipinski definition) is 2. The van der Waals surface area contributed by atoms with Crippen LogP contribution in [0, 0.1) is 6.92 Å². The van der Waals surface area contributed by atoms with Crippen LogP contribution in [-0.2, 0) is 6.42 Å². The van der Waals surface area contributed by atoms with E-state index in [0.29, 0.717) is 5.92 Å². The summed E-state index contributed by atoms with van der Waals surface area (Å²) in [5, 5.41) is 3.38. The number of allylic oxidation sites excluding steroid dienone is 3. The predicted octanol–water partition coefficient (Wildman–Crippen LogP) is 8.89. The van der Waals surface area contributed by atoms with Crippen molar-refractivity contribution in [2.45, 2.75) is 53.4 Å². The second-order valence-electron chi connectivity index (χ2n) is 10.1. The molecular weight excluding hydrogens is 436 g/mol. The van der Waals surface area contributed by atoms with E-state index in [4.69, 9.17) is 0 Å². The standard InChI is InChI=1S/C34H42N2/c1-10-25(4)35-28(7)26(5)27(6)34-22-31(30-17-19-33(20-18-30)36(8)9)15-16-32(34)21-24(3)29-13-11-23(2)12-14-29/h11-20,22,24,35H,4,7,10,21H2,1-3,5-6,8-9H3/b27-26-. The lowest BCUT2D eigenvalue weighted by Gasteiger charge is -2.20. The van der Waals surface area contributed by atoms with Crippen LogP contribution in [0.25, 0.3) is 16.7 Å². The Morgan fingerprint density at radius 1 is 0.889 bits per heavy atom. The summed E-state index contributed by atoms with van der Waals surface area (Å²) in [5.74, 6) is 0.420. The van der Waals surface area contributed by atoms with E-state index in [9.17, 15) is 0 Å². The highest BCUT2D eigenvalue weighted by atomic mass is 15.1. The predicted molar refractivity (Wildman–Crippen MR) is 159 cm³/mol. The SMILES string of the molecule is C=C(CC)NC(=C)/C(C)=C(/C)c1cc(-c2ccc(N(C)C)cc2)ccc1CC(C)c1ccc(C)cc1. The van der Waals surface area contributed by atoms with E-state index in [1.54, 1.807) is 0 Å². The lowest BCUT2D eigenvalue weighted by Crippen LogP contribution is -2.12. The summed E-state index contributed by atoms with van der Waals surface area (Å²) >= 11 is 0. The summed E-state index contributed by atoms with van der Waals surface area (Å²) in [6, 6.07) is 24.6. The van der Waals surface area contributed by atoms with Crippen LogP contribution in [0.3, 0.4) is 0 Å². The third kappa shape index (κ3) is 6.57. The molecule has 0 aliphatic carbocycles. The normalized spacial score (nSPS) is 12.5. The molecule has 0 heterocycles. The zero-order chi connectivity index (χ0) is 26.4. The maximum absolute atomic E-state index is 4.31. The Bertz CT molecular complexity index is 1240. The number of benzene rings is 3. The van der Waals surface area contributed by atoms with Gasteiger partial charge >= 0.3 is 0 Å². The van der Waals surface area contributed by atoms with E-state index in [0.717, 1.165) is 29.8 Å². The summed E-state index contributed by atoms with van der Waals surface area (Å²) < 4.78 is 0. The second-order valence-corrected chi connectivity index (χ2v) is 10.1. The molecule has 0 spiro atoms. The summed E-state index contributed by atoms with van der Waals surface area (Å²) in [7, 11) is 4.14. The van der Waals surface area contributed by atoms with E-state index >= 15 is 0 Å². The quantitative estimate of drug-likeness (QED) is 0.293. The monoisotopic (exact) mass is 478 g/mol. The van der Waals surface area contributed by atoms with Gasteiger partial charge in [0, 0.05) is 31.2 Å². The van der Waals surface area contributed by atoms with E-state index in [2.05, 4.69) is 139 Å². The fourth-order valence-electron chi connectivity index (χ4n) is 4.40. The van der Waals surface area contributed by atoms with Crippen LogP contribution in [0.2, 0.25) is 0 Å². The van der Waals surface area contributed by atoms with Gasteiger partial charge in [-0.15, -0.1) is 0 Å². The van der Waals surface area contributed by atoms with Gasteiger partial charge in [-0.25, -0.2) is 0 Å². The Balaban J connectivity index is 2.04. The molecule has 0 bridgehead atoms. The fraction of sp³-hybridized carbons (Fsp3) is 0.294. The van der Waals surface area contributed by atoms with Crippen molar-refractivity contribution in [1.82, 2.24) is 5.32 Å². The summed E-state index contributed by atoms with van der Waals surface area (Å²) in [5.41, 5.74) is 13.3. The van der Waals surface area contributed by atoms with E-state index in [-0.39, 0.29) is 0 Å². The molecule has 1 unspecified atom stereocenters. The van der Waals surface area contributed by atoms with Crippen LogP contribution in [0.1, 0.15) is 62.3 Å². The summed E-state index contributed by atoms with van der Waals surface area (Å²) in [6.07, 6.45) is 1.85. The van der Waals surface area contributed by atoms with Crippen LogP contribution in [0.5, 0.6) is 0 Å². The van der Waals surface area contributed by atoms with Crippen molar-refractivity contribution >= 4 is 11.3 Å². The van der Waals surface area contributed by atoms with Crippen molar-refractivity contribution in [3.8, 4) is 11.1 Å². The van der Waals surface area contributed by atoms with Gasteiger partial charge in [0.05, 0.1) is 0 Å². The number of aryl methyl sites for hydroxylation is 1. The number of rotatable bonds is 10. The van der Waals surface area contributed by atoms with Gasteiger partial charge in [-0.2, -0.15) is 0 Å². The average Bonchev–Trinajstić information content (AvgIpc) is 2.88. The Hall–Kier alpha value is -3.52. The van der Waals surface area contributed by atoms with Crippen molar-refractivity contribution in [2.24, 2.45) is 0 Å². The third-order valence-electron chi connectivity index (χ3n) is 7.17. The van der Waals surface area contributed by atoms with Crippen molar-refractivity contribution < 1.29 is 0 Å². The molecule has 188 valence electrons. The first kappa shape index (κ1) is 27.1. The molecule has 2 nitrogen and oxygen atoms in total. The van der Waals surface area contributed by atoms with E-state index in [1.807, 2.05) is 0 Å². The second kappa shape index (κ2) is 11.9. The topological polar surface area (TPSA) is 15.3 Å². The Kier molecular flexibility index (Phi) is 8.98. The van der Waals surface area contributed by atoms with Crippen LogP contribution in [0.15, 0.2) is 96.9 Å². The fourth-order valence-corrected chi connectivity index (χ4v) is 4.40. The Morgan fingerprint density at radius 3 is 2.08 bits per heavy atom. The molecule has 0 radical (unpaired) electrons. The van der Waals surface area contributed by atoms with Crippen LogP contribution in [0.4, 0.5) is 5.69 Å². The minimum Gasteiger partial charge on any atom is -0.378 e. The van der Waals surface area contributed by atoms with Gasteiger partial charge in [-0.1, -0.05) is 81.1 Å². The molecule has 3 rings (SSSR count). The largest absolute Gasteiger partial charge is 0.378 e. The molecule has 3 aromatic rings. The van der Waals surface area contributed by atoms with Crippen molar-refractivity contribution in [1.29, 1.82) is 0 Å². The first-order valence-corrected chi connectivity index (χ1v) is 12.9. The molecule has 0 saturated carbocycles. The van der Waals surface area contributed by atoms with Crippen LogP contribution in [-0.4, -0.2) is 14.1 Å². The first-order valence-electron chi connectivity index (χ1n) is 12.9. The van der Waals surface area contributed by atoms with Crippen LogP contribution >= 0.6 is 0 Å². The first-order chi connectivity index (χ1) is 17.1. The molecule has 1 atom stereocenters. The smallest absolute Gasteiger partial charge is 0.0361 e.